The van der Waals surface area contributed by atoms with Gasteiger partial charge in [-0.3, -0.25) is 9.59 Å². The van der Waals surface area contributed by atoms with E-state index in [0.717, 1.165) is 0 Å². The summed E-state index contributed by atoms with van der Waals surface area (Å²) in [6.07, 6.45) is -0.129. The fraction of sp³-hybridized carbons (Fsp3) is 0.385. The monoisotopic (exact) mass is 251 g/mol. The summed E-state index contributed by atoms with van der Waals surface area (Å²) in [5.74, 6) is 0.642. The summed E-state index contributed by atoms with van der Waals surface area (Å²) in [6.45, 7) is 3.74. The van der Waals surface area contributed by atoms with Crippen LogP contribution in [0.15, 0.2) is 18.2 Å². The van der Waals surface area contributed by atoms with E-state index in [0.29, 0.717) is 23.8 Å². The molecule has 0 fully saturated rings. The highest BCUT2D eigenvalue weighted by Crippen LogP contribution is 2.30. The van der Waals surface area contributed by atoms with Crippen LogP contribution in [0.4, 0.5) is 5.69 Å². The molecule has 0 aliphatic carbocycles. The third-order valence-corrected chi connectivity index (χ3v) is 2.16. The zero-order valence-corrected chi connectivity index (χ0v) is 10.8. The molecule has 18 heavy (non-hydrogen) atoms. The van der Waals surface area contributed by atoms with Crippen molar-refractivity contribution in [3.8, 4) is 11.5 Å². The van der Waals surface area contributed by atoms with Gasteiger partial charge in [-0.15, -0.1) is 0 Å². The number of benzene rings is 1. The van der Waals surface area contributed by atoms with Gasteiger partial charge in [0.25, 0.3) is 0 Å². The Balaban J connectivity index is 2.81. The SMILES string of the molecule is CCOc1cc(NC(=O)CC(C)=O)ccc1OC. The first-order valence-electron chi connectivity index (χ1n) is 5.67. The fourth-order valence-electron chi connectivity index (χ4n) is 1.45. The van der Waals surface area contributed by atoms with Gasteiger partial charge in [0, 0.05) is 11.8 Å². The zero-order valence-electron chi connectivity index (χ0n) is 10.8. The van der Waals surface area contributed by atoms with Crippen LogP contribution in [0.2, 0.25) is 0 Å². The molecule has 1 N–H and O–H groups in total. The van der Waals surface area contributed by atoms with Crippen molar-refractivity contribution in [1.82, 2.24) is 0 Å². The third kappa shape index (κ3) is 4.08. The van der Waals surface area contributed by atoms with E-state index in [-0.39, 0.29) is 18.1 Å². The van der Waals surface area contributed by atoms with Crippen LogP contribution in [-0.4, -0.2) is 25.4 Å². The molecule has 98 valence electrons. The Morgan fingerprint density at radius 2 is 2.00 bits per heavy atom. The van der Waals surface area contributed by atoms with Crippen molar-refractivity contribution in [2.45, 2.75) is 20.3 Å². The second-order valence-electron chi connectivity index (χ2n) is 3.73. The maximum Gasteiger partial charge on any atom is 0.231 e. The summed E-state index contributed by atoms with van der Waals surface area (Å²) in [4.78, 5) is 22.3. The van der Waals surface area contributed by atoms with Gasteiger partial charge in [0.2, 0.25) is 5.91 Å². The minimum Gasteiger partial charge on any atom is -0.493 e. The number of Topliss-reactive ketones (excluding diaryl/α,β-unsaturated/α-hetero) is 1. The van der Waals surface area contributed by atoms with Gasteiger partial charge < -0.3 is 14.8 Å². The number of rotatable bonds is 6. The van der Waals surface area contributed by atoms with Crippen LogP contribution in [0, 0.1) is 0 Å². The number of nitrogens with one attached hydrogen (secondary N) is 1. The van der Waals surface area contributed by atoms with Gasteiger partial charge >= 0.3 is 0 Å². The average molecular weight is 251 g/mol. The number of hydrogen-bond acceptors (Lipinski definition) is 4. The Morgan fingerprint density at radius 1 is 1.28 bits per heavy atom. The van der Waals surface area contributed by atoms with E-state index in [1.807, 2.05) is 6.92 Å². The summed E-state index contributed by atoms with van der Waals surface area (Å²) in [5.41, 5.74) is 0.575. The standard InChI is InChI=1S/C13H17NO4/c1-4-18-12-8-10(5-6-11(12)17-3)14-13(16)7-9(2)15/h5-6,8H,4,7H2,1-3H3,(H,14,16). The van der Waals surface area contributed by atoms with E-state index >= 15 is 0 Å². The van der Waals surface area contributed by atoms with Crippen LogP contribution in [0.25, 0.3) is 0 Å². The number of methoxy groups -OCH3 is 1. The quantitative estimate of drug-likeness (QED) is 0.785. The van der Waals surface area contributed by atoms with Crippen LogP contribution in [0.3, 0.4) is 0 Å². The van der Waals surface area contributed by atoms with Gasteiger partial charge in [-0.05, 0) is 26.0 Å². The average Bonchev–Trinajstić information content (AvgIpc) is 2.28. The molecule has 1 rings (SSSR count). The van der Waals surface area contributed by atoms with Crippen LogP contribution < -0.4 is 14.8 Å². The number of carbonyl (C=O) groups is 2. The summed E-state index contributed by atoms with van der Waals surface area (Å²) in [7, 11) is 1.55. The lowest BCUT2D eigenvalue weighted by Gasteiger charge is -2.11. The molecular weight excluding hydrogens is 234 g/mol. The zero-order chi connectivity index (χ0) is 13.5. The summed E-state index contributed by atoms with van der Waals surface area (Å²) >= 11 is 0. The van der Waals surface area contributed by atoms with E-state index in [9.17, 15) is 9.59 Å². The summed E-state index contributed by atoms with van der Waals surface area (Å²) < 4.78 is 10.5. The smallest absolute Gasteiger partial charge is 0.231 e. The Kier molecular flexibility index (Phi) is 5.17. The predicted molar refractivity (Wildman–Crippen MR) is 68.1 cm³/mol. The third-order valence-electron chi connectivity index (χ3n) is 2.16. The van der Waals surface area contributed by atoms with Gasteiger partial charge in [-0.25, -0.2) is 0 Å². The van der Waals surface area contributed by atoms with Crippen molar-refractivity contribution < 1.29 is 19.1 Å². The lowest BCUT2D eigenvalue weighted by molar-refractivity contribution is -0.124. The molecule has 1 aromatic carbocycles. The maximum atomic E-state index is 11.4. The van der Waals surface area contributed by atoms with Crippen molar-refractivity contribution in [1.29, 1.82) is 0 Å². The van der Waals surface area contributed by atoms with Crippen molar-refractivity contribution in [3.05, 3.63) is 18.2 Å². The molecule has 0 aliphatic heterocycles. The molecule has 0 radical (unpaired) electrons. The number of ketones is 1. The molecule has 5 heteroatoms. The van der Waals surface area contributed by atoms with Crippen molar-refractivity contribution in [3.63, 3.8) is 0 Å². The highest BCUT2D eigenvalue weighted by Gasteiger charge is 2.09. The number of carbonyl (C=O) groups excluding carboxylic acids is 2. The van der Waals surface area contributed by atoms with Crippen LogP contribution in [0.5, 0.6) is 11.5 Å². The molecule has 0 saturated carbocycles. The van der Waals surface area contributed by atoms with Crippen molar-refractivity contribution >= 4 is 17.4 Å². The Bertz CT molecular complexity index is 443. The number of ether oxygens (including phenoxy) is 2. The maximum absolute atomic E-state index is 11.4. The second kappa shape index (κ2) is 6.64. The highest BCUT2D eigenvalue weighted by molar-refractivity contribution is 6.03. The first-order valence-corrected chi connectivity index (χ1v) is 5.67. The molecule has 0 aromatic heterocycles. The molecule has 0 aliphatic rings. The van der Waals surface area contributed by atoms with Gasteiger partial charge in [0.15, 0.2) is 11.5 Å². The Morgan fingerprint density at radius 3 is 2.56 bits per heavy atom. The number of hydrogen-bond donors (Lipinski definition) is 1. The van der Waals surface area contributed by atoms with E-state index < -0.39 is 0 Å². The summed E-state index contributed by atoms with van der Waals surface area (Å²) in [6, 6.07) is 5.06. The molecule has 5 nitrogen and oxygen atoms in total. The van der Waals surface area contributed by atoms with Crippen molar-refractivity contribution in [2.75, 3.05) is 19.0 Å². The predicted octanol–water partition coefficient (Wildman–Crippen LogP) is 2.01. The molecule has 1 amide bonds. The number of anilines is 1. The minimum atomic E-state index is -0.338. The van der Waals surface area contributed by atoms with E-state index in [1.165, 1.54) is 6.92 Å². The fourth-order valence-corrected chi connectivity index (χ4v) is 1.45. The van der Waals surface area contributed by atoms with Crippen molar-refractivity contribution in [2.24, 2.45) is 0 Å². The van der Waals surface area contributed by atoms with Crippen LogP contribution in [-0.2, 0) is 9.59 Å². The van der Waals surface area contributed by atoms with Gasteiger partial charge in [-0.1, -0.05) is 0 Å². The van der Waals surface area contributed by atoms with Gasteiger partial charge in [0.1, 0.15) is 5.78 Å². The molecule has 0 saturated heterocycles. The molecular formula is C13H17NO4. The molecule has 0 unspecified atom stereocenters. The van der Waals surface area contributed by atoms with Gasteiger partial charge in [0.05, 0.1) is 20.1 Å². The van der Waals surface area contributed by atoms with Crippen LogP contribution in [0.1, 0.15) is 20.3 Å². The van der Waals surface area contributed by atoms with E-state index in [4.69, 9.17) is 9.47 Å². The van der Waals surface area contributed by atoms with E-state index in [1.54, 1.807) is 25.3 Å². The minimum absolute atomic E-state index is 0.129. The lowest BCUT2D eigenvalue weighted by atomic mass is 10.2. The molecule has 0 spiro atoms. The molecule has 1 aromatic rings. The summed E-state index contributed by atoms with van der Waals surface area (Å²) in [5, 5.41) is 2.63. The molecule has 0 bridgehead atoms. The van der Waals surface area contributed by atoms with Crippen LogP contribution >= 0.6 is 0 Å². The largest absolute Gasteiger partial charge is 0.493 e. The topological polar surface area (TPSA) is 64.6 Å². The van der Waals surface area contributed by atoms with Gasteiger partial charge in [-0.2, -0.15) is 0 Å². The van der Waals surface area contributed by atoms with E-state index in [2.05, 4.69) is 5.32 Å². The molecule has 0 atom stereocenters. The second-order valence-corrected chi connectivity index (χ2v) is 3.73. The number of amides is 1. The Hall–Kier alpha value is -2.04. The first kappa shape index (κ1) is 14.0. The molecule has 0 heterocycles. The Labute approximate surface area is 106 Å². The first-order chi connectivity index (χ1) is 8.56. The normalized spacial score (nSPS) is 9.72. The lowest BCUT2D eigenvalue weighted by Crippen LogP contribution is -2.14. The highest BCUT2D eigenvalue weighted by atomic mass is 16.5.